The van der Waals surface area contributed by atoms with Crippen LogP contribution in [-0.2, 0) is 0 Å². The predicted molar refractivity (Wildman–Crippen MR) is 72.8 cm³/mol. The first-order valence-corrected chi connectivity index (χ1v) is 5.34. The molecule has 1 aromatic carbocycles. The number of para-hydroxylation sites is 1. The van der Waals surface area contributed by atoms with Gasteiger partial charge in [0.2, 0.25) is 5.96 Å². The average Bonchev–Trinajstić information content (AvgIpc) is 2.23. The van der Waals surface area contributed by atoms with Gasteiger partial charge < -0.3 is 16.4 Å². The van der Waals surface area contributed by atoms with Crippen LogP contribution in [-0.4, -0.2) is 18.1 Å². The molecule has 0 aliphatic carbocycles. The first kappa shape index (κ1) is 12.4. The Hall–Kier alpha value is -1.62. The third-order valence-corrected chi connectivity index (χ3v) is 2.47. The van der Waals surface area contributed by atoms with Crippen LogP contribution >= 0.6 is 12.2 Å². The van der Waals surface area contributed by atoms with Gasteiger partial charge in [-0.25, -0.2) is 0 Å². The summed E-state index contributed by atoms with van der Waals surface area (Å²) < 4.78 is 0. The van der Waals surface area contributed by atoms with E-state index in [2.05, 4.69) is 15.6 Å². The van der Waals surface area contributed by atoms with Gasteiger partial charge in [-0.1, -0.05) is 18.2 Å². The number of guanidine groups is 1. The molecule has 0 saturated heterocycles. The number of anilines is 1. The summed E-state index contributed by atoms with van der Waals surface area (Å²) in [4.78, 5) is 3.98. The molecule has 0 heterocycles. The van der Waals surface area contributed by atoms with Crippen LogP contribution in [0.15, 0.2) is 23.2 Å². The molecule has 0 aliphatic heterocycles. The quantitative estimate of drug-likeness (QED) is 0.393. The van der Waals surface area contributed by atoms with Crippen molar-refractivity contribution in [3.8, 4) is 0 Å². The summed E-state index contributed by atoms with van der Waals surface area (Å²) in [7, 11) is 1.71. The molecule has 0 amide bonds. The van der Waals surface area contributed by atoms with E-state index in [0.717, 1.165) is 16.8 Å². The van der Waals surface area contributed by atoms with Crippen molar-refractivity contribution < 1.29 is 0 Å². The van der Waals surface area contributed by atoms with E-state index in [9.17, 15) is 0 Å². The lowest BCUT2D eigenvalue weighted by Crippen LogP contribution is -2.27. The Kier molecular flexibility index (Phi) is 4.25. The molecule has 4 N–H and O–H groups in total. The molecule has 16 heavy (non-hydrogen) atoms. The Morgan fingerprint density at radius 1 is 1.31 bits per heavy atom. The molecule has 0 aliphatic rings. The molecule has 0 radical (unpaired) electrons. The lowest BCUT2D eigenvalue weighted by Gasteiger charge is -2.11. The molecular formula is C11H16N4S. The van der Waals surface area contributed by atoms with Crippen molar-refractivity contribution in [1.29, 1.82) is 0 Å². The summed E-state index contributed by atoms with van der Waals surface area (Å²) in [6.07, 6.45) is 0. The van der Waals surface area contributed by atoms with E-state index in [4.69, 9.17) is 18.0 Å². The fraction of sp³-hybridized carbons (Fsp3) is 0.273. The monoisotopic (exact) mass is 236 g/mol. The van der Waals surface area contributed by atoms with Gasteiger partial charge in [0.15, 0.2) is 5.11 Å². The number of rotatable bonds is 1. The zero-order valence-corrected chi connectivity index (χ0v) is 10.5. The van der Waals surface area contributed by atoms with Crippen molar-refractivity contribution in [2.45, 2.75) is 13.8 Å². The Bertz CT molecular complexity index is 406. The van der Waals surface area contributed by atoms with Crippen LogP contribution in [0.5, 0.6) is 0 Å². The summed E-state index contributed by atoms with van der Waals surface area (Å²) in [6.45, 7) is 4.03. The number of hydrogen-bond acceptors (Lipinski definition) is 1. The van der Waals surface area contributed by atoms with Crippen molar-refractivity contribution >= 4 is 29.0 Å². The Morgan fingerprint density at radius 3 is 2.38 bits per heavy atom. The van der Waals surface area contributed by atoms with Gasteiger partial charge in [-0.3, -0.25) is 0 Å². The number of benzene rings is 1. The maximum atomic E-state index is 5.73. The second-order valence-corrected chi connectivity index (χ2v) is 3.83. The van der Waals surface area contributed by atoms with Crippen LogP contribution in [0, 0.1) is 13.8 Å². The number of nitrogens with two attached hydrogens (primary N) is 1. The highest BCUT2D eigenvalue weighted by atomic mass is 32.1. The zero-order chi connectivity index (χ0) is 12.1. The minimum absolute atomic E-state index is 0.289. The molecule has 0 unspecified atom stereocenters. The molecule has 0 spiro atoms. The lowest BCUT2D eigenvalue weighted by molar-refractivity contribution is 1.18. The average molecular weight is 236 g/mol. The molecule has 0 saturated carbocycles. The summed E-state index contributed by atoms with van der Waals surface area (Å²) >= 11 is 4.89. The highest BCUT2D eigenvalue weighted by Gasteiger charge is 2.03. The highest BCUT2D eigenvalue weighted by molar-refractivity contribution is 7.80. The molecule has 1 aromatic rings. The Labute approximate surface area is 101 Å². The largest absolute Gasteiger partial charge is 0.369 e. The smallest absolute Gasteiger partial charge is 0.200 e. The van der Waals surface area contributed by atoms with Crippen molar-refractivity contribution in [3.63, 3.8) is 0 Å². The van der Waals surface area contributed by atoms with E-state index in [1.54, 1.807) is 7.05 Å². The highest BCUT2D eigenvalue weighted by Crippen LogP contribution is 2.18. The third kappa shape index (κ3) is 3.20. The van der Waals surface area contributed by atoms with Crippen molar-refractivity contribution in [2.75, 3.05) is 12.4 Å². The second kappa shape index (κ2) is 5.46. The molecule has 0 aromatic heterocycles. The van der Waals surface area contributed by atoms with Gasteiger partial charge in [0.1, 0.15) is 0 Å². The van der Waals surface area contributed by atoms with Crippen LogP contribution in [0.4, 0.5) is 5.69 Å². The Morgan fingerprint density at radius 2 is 1.88 bits per heavy atom. The van der Waals surface area contributed by atoms with Crippen LogP contribution in [0.3, 0.4) is 0 Å². The first-order valence-electron chi connectivity index (χ1n) is 4.93. The van der Waals surface area contributed by atoms with Gasteiger partial charge in [-0.2, -0.15) is 4.99 Å². The first-order chi connectivity index (χ1) is 7.54. The number of nitrogens with zero attached hydrogens (tertiary/aromatic N) is 1. The van der Waals surface area contributed by atoms with Crippen LogP contribution in [0.25, 0.3) is 0 Å². The SMILES string of the molecule is CNC(=S)N=C(N)Nc1c(C)cccc1C. The number of aryl methyl sites for hydroxylation is 2. The maximum Gasteiger partial charge on any atom is 0.200 e. The minimum Gasteiger partial charge on any atom is -0.369 e. The van der Waals surface area contributed by atoms with Gasteiger partial charge in [0.05, 0.1) is 0 Å². The van der Waals surface area contributed by atoms with Crippen molar-refractivity contribution in [1.82, 2.24) is 5.32 Å². The van der Waals surface area contributed by atoms with Crippen molar-refractivity contribution in [3.05, 3.63) is 29.3 Å². The molecular weight excluding hydrogens is 220 g/mol. The van der Waals surface area contributed by atoms with E-state index in [0.29, 0.717) is 5.11 Å². The van der Waals surface area contributed by atoms with Crippen LogP contribution in [0.1, 0.15) is 11.1 Å². The summed E-state index contributed by atoms with van der Waals surface area (Å²) in [5.74, 6) is 0.289. The fourth-order valence-electron chi connectivity index (χ4n) is 1.33. The topological polar surface area (TPSA) is 62.4 Å². The summed E-state index contributed by atoms with van der Waals surface area (Å²) in [5.41, 5.74) is 8.94. The predicted octanol–water partition coefficient (Wildman–Crippen LogP) is 1.53. The molecule has 4 nitrogen and oxygen atoms in total. The molecule has 0 fully saturated rings. The number of thiocarbonyl (C=S) groups is 1. The second-order valence-electron chi connectivity index (χ2n) is 3.44. The van der Waals surface area contributed by atoms with E-state index >= 15 is 0 Å². The van der Waals surface area contributed by atoms with E-state index in [1.165, 1.54) is 0 Å². The standard InChI is InChI=1S/C11H16N4S/c1-7-5-4-6-8(2)9(7)14-10(12)15-11(16)13-3/h4-6H,1-3H3,(H4,12,13,14,15,16). The van der Waals surface area contributed by atoms with E-state index in [1.807, 2.05) is 32.0 Å². The normalized spacial score (nSPS) is 11.1. The molecule has 1 rings (SSSR count). The third-order valence-electron chi connectivity index (χ3n) is 2.17. The number of aliphatic imine (C=N–C) groups is 1. The van der Waals surface area contributed by atoms with Crippen molar-refractivity contribution in [2.24, 2.45) is 10.7 Å². The van der Waals surface area contributed by atoms with Gasteiger partial charge in [-0.05, 0) is 37.2 Å². The number of hydrogen-bond donors (Lipinski definition) is 3. The Balaban J connectivity index is 2.89. The summed E-state index contributed by atoms with van der Waals surface area (Å²) in [5, 5.41) is 6.14. The molecule has 0 atom stereocenters. The van der Waals surface area contributed by atoms with E-state index in [-0.39, 0.29) is 5.96 Å². The zero-order valence-electron chi connectivity index (χ0n) is 9.66. The fourth-order valence-corrected chi connectivity index (χ4v) is 1.43. The number of nitrogens with one attached hydrogen (secondary N) is 2. The van der Waals surface area contributed by atoms with Gasteiger partial charge >= 0.3 is 0 Å². The van der Waals surface area contributed by atoms with Crippen LogP contribution < -0.4 is 16.4 Å². The summed E-state index contributed by atoms with van der Waals surface area (Å²) in [6, 6.07) is 6.03. The van der Waals surface area contributed by atoms with Gasteiger partial charge in [0, 0.05) is 12.7 Å². The van der Waals surface area contributed by atoms with Gasteiger partial charge in [-0.15, -0.1) is 0 Å². The van der Waals surface area contributed by atoms with E-state index < -0.39 is 0 Å². The van der Waals surface area contributed by atoms with Crippen LogP contribution in [0.2, 0.25) is 0 Å². The molecule has 0 bridgehead atoms. The molecule has 86 valence electrons. The van der Waals surface area contributed by atoms with Gasteiger partial charge in [0.25, 0.3) is 0 Å². The molecule has 5 heteroatoms. The minimum atomic E-state index is 0.289. The lowest BCUT2D eigenvalue weighted by atomic mass is 10.1. The maximum absolute atomic E-state index is 5.73.